The fraction of sp³-hybridized carbons (Fsp3) is 0. The zero-order chi connectivity index (χ0) is 8.55. The smallest absolute Gasteiger partial charge is 0.141 e. The first-order valence-corrected chi connectivity index (χ1v) is 3.89. The van der Waals surface area contributed by atoms with E-state index in [1.54, 1.807) is 18.3 Å². The van der Waals surface area contributed by atoms with Gasteiger partial charge in [0.25, 0.3) is 0 Å². The number of aromatic nitrogens is 1. The highest BCUT2D eigenvalue weighted by Crippen LogP contribution is 2.28. The second-order valence-electron chi connectivity index (χ2n) is 2.47. The van der Waals surface area contributed by atoms with Crippen LogP contribution >= 0.6 is 11.6 Å². The average molecular weight is 183 g/mol. The lowest BCUT2D eigenvalue weighted by Gasteiger charge is -2.00. The van der Waals surface area contributed by atoms with E-state index in [1.807, 2.05) is 6.07 Å². The van der Waals surface area contributed by atoms with Crippen molar-refractivity contribution in [2.75, 3.05) is 0 Å². The fourth-order valence-electron chi connectivity index (χ4n) is 1.12. The summed E-state index contributed by atoms with van der Waals surface area (Å²) in [6.45, 7) is 0. The van der Waals surface area contributed by atoms with Gasteiger partial charge in [0.05, 0.1) is 5.02 Å². The minimum atomic E-state index is 0.162. The molecule has 0 unspecified atom stereocenters. The van der Waals surface area contributed by atoms with Crippen LogP contribution in [0.3, 0.4) is 0 Å². The molecule has 0 atom stereocenters. The fourth-order valence-corrected chi connectivity index (χ4v) is 1.34. The lowest BCUT2D eigenvalue weighted by molar-refractivity contribution is 0.480. The maximum atomic E-state index is 9.37. The van der Waals surface area contributed by atoms with E-state index in [1.165, 1.54) is 6.07 Å². The van der Waals surface area contributed by atoms with Crippen molar-refractivity contribution in [2.24, 2.45) is 0 Å². The number of aromatic hydroxyl groups is 1. The molecule has 12 heavy (non-hydrogen) atoms. The van der Waals surface area contributed by atoms with Gasteiger partial charge in [-0.2, -0.15) is 0 Å². The van der Waals surface area contributed by atoms with Crippen molar-refractivity contribution < 1.29 is 5.11 Å². The molecule has 0 saturated carbocycles. The van der Waals surface area contributed by atoms with Crippen LogP contribution in [0.15, 0.2) is 30.5 Å². The second-order valence-corrected chi connectivity index (χ2v) is 2.87. The van der Waals surface area contributed by atoms with Crippen molar-refractivity contribution in [1.29, 1.82) is 0 Å². The van der Waals surface area contributed by atoms with Gasteiger partial charge < -0.3 is 5.11 Å². The highest BCUT2D eigenvalue weighted by molar-refractivity contribution is 6.35. The Kier molecular flexibility index (Phi) is 1.62. The van der Waals surface area contributed by atoms with Crippen molar-refractivity contribution in [3.63, 3.8) is 0 Å². The van der Waals surface area contributed by atoms with Gasteiger partial charge in [-0.3, -0.25) is 4.98 Å². The highest BCUT2D eigenvalue weighted by atomic mass is 35.5. The van der Waals surface area contributed by atoms with Crippen LogP contribution in [0.1, 0.15) is 0 Å². The number of benzene rings is 1. The van der Waals surface area contributed by atoms with Crippen LogP contribution in [0, 0.1) is 0 Å². The molecule has 1 N–H and O–H groups in total. The number of fused-ring (bicyclic) bond motifs is 1. The lowest BCUT2D eigenvalue weighted by Crippen LogP contribution is -1.78. The molecule has 0 radical (unpaired) electrons. The predicted molar refractivity (Wildman–Crippen MR) is 48.4 cm³/mol. The van der Waals surface area contributed by atoms with E-state index < -0.39 is 0 Å². The first kappa shape index (κ1) is 7.37. The number of nitrogens with zero attached hydrogens (tertiary/aromatic N) is 1. The summed E-state index contributed by atoms with van der Waals surface area (Å²) in [6.07, 6.45) is 1.62. The van der Waals surface area contributed by atoms with Crippen molar-refractivity contribution in [1.82, 2.24) is 4.98 Å². The molecular weight excluding hydrogens is 177 g/mol. The molecule has 2 nitrogen and oxygen atoms in total. The molecular formula is C9H6ClNO. The standard InChI is InChI=1S/C9H6ClNO/c10-7-3-4-8(12)9-6(7)2-1-5-11-9/h1-5,12H/i1+1,2+1,5+1. The number of phenols is 1. The zero-order valence-electron chi connectivity index (χ0n) is 6.16. The first-order valence-electron chi connectivity index (χ1n) is 3.51. The van der Waals surface area contributed by atoms with E-state index in [4.69, 9.17) is 11.6 Å². The Morgan fingerprint density at radius 1 is 1.25 bits per heavy atom. The highest BCUT2D eigenvalue weighted by Gasteiger charge is 2.02. The molecule has 1 aromatic carbocycles. The molecule has 0 aliphatic carbocycles. The predicted octanol–water partition coefficient (Wildman–Crippen LogP) is 2.59. The summed E-state index contributed by atoms with van der Waals surface area (Å²) in [5, 5.41) is 10.8. The van der Waals surface area contributed by atoms with Crippen molar-refractivity contribution in [3.05, 3.63) is 35.5 Å². The summed E-state index contributed by atoms with van der Waals surface area (Å²) in [6, 6.07) is 6.80. The molecule has 2 rings (SSSR count). The Bertz CT molecular complexity index is 387. The van der Waals surface area contributed by atoms with Crippen LogP contribution in [0.2, 0.25) is 5.02 Å². The summed E-state index contributed by atoms with van der Waals surface area (Å²) in [5.74, 6) is 0.162. The van der Waals surface area contributed by atoms with Gasteiger partial charge in [-0.05, 0) is 24.3 Å². The average Bonchev–Trinajstić information content (AvgIpc) is 2.12. The van der Waals surface area contributed by atoms with Gasteiger partial charge in [0.1, 0.15) is 11.3 Å². The maximum absolute atomic E-state index is 9.37. The summed E-state index contributed by atoms with van der Waals surface area (Å²) in [7, 11) is 0. The number of hydrogen-bond donors (Lipinski definition) is 1. The molecule has 60 valence electrons. The molecule has 0 bridgehead atoms. The van der Waals surface area contributed by atoms with Crippen molar-refractivity contribution in [3.8, 4) is 5.75 Å². The van der Waals surface area contributed by atoms with E-state index in [-0.39, 0.29) is 5.75 Å². The molecule has 0 fully saturated rings. The van der Waals surface area contributed by atoms with Gasteiger partial charge in [-0.15, -0.1) is 0 Å². The Morgan fingerprint density at radius 3 is 2.83 bits per heavy atom. The van der Waals surface area contributed by atoms with Gasteiger partial charge >= 0.3 is 0 Å². The van der Waals surface area contributed by atoms with Crippen LogP contribution in [0.5, 0.6) is 5.75 Å². The number of pyridine rings is 1. The van der Waals surface area contributed by atoms with Crippen LogP contribution in [-0.4, -0.2) is 10.1 Å². The van der Waals surface area contributed by atoms with Gasteiger partial charge in [0.15, 0.2) is 0 Å². The van der Waals surface area contributed by atoms with E-state index >= 15 is 0 Å². The number of halogens is 1. The van der Waals surface area contributed by atoms with Crippen LogP contribution in [0.4, 0.5) is 0 Å². The molecule has 3 heteroatoms. The SMILES string of the molecule is Oc1ccc(Cl)c2[13cH][13cH][13cH]nc12. The molecule has 0 saturated heterocycles. The Labute approximate surface area is 74.4 Å². The van der Waals surface area contributed by atoms with E-state index in [0.717, 1.165) is 5.39 Å². The zero-order valence-corrected chi connectivity index (χ0v) is 6.92. The second kappa shape index (κ2) is 2.64. The molecule has 1 aromatic heterocycles. The maximum Gasteiger partial charge on any atom is 0.141 e. The number of phenolic OH excluding ortho intramolecular Hbond substituents is 1. The molecule has 2 aromatic rings. The number of hydrogen-bond acceptors (Lipinski definition) is 2. The van der Waals surface area contributed by atoms with Crippen LogP contribution in [-0.2, 0) is 0 Å². The third-order valence-corrected chi connectivity index (χ3v) is 2.02. The minimum Gasteiger partial charge on any atom is -0.506 e. The van der Waals surface area contributed by atoms with Gasteiger partial charge in [0, 0.05) is 11.6 Å². The van der Waals surface area contributed by atoms with Crippen molar-refractivity contribution >= 4 is 22.5 Å². The monoisotopic (exact) mass is 182 g/mol. The lowest BCUT2D eigenvalue weighted by atomic mass is 10.3. The summed E-state index contributed by atoms with van der Waals surface area (Å²) < 4.78 is 0. The quantitative estimate of drug-likeness (QED) is 0.680. The molecule has 0 spiro atoms. The summed E-state index contributed by atoms with van der Waals surface area (Å²) in [4.78, 5) is 4.01. The van der Waals surface area contributed by atoms with Gasteiger partial charge in [-0.25, -0.2) is 0 Å². The molecule has 0 amide bonds. The van der Waals surface area contributed by atoms with E-state index in [0.29, 0.717) is 10.5 Å². The first-order chi connectivity index (χ1) is 5.79. The molecule has 0 aliphatic rings. The Hall–Kier alpha value is -1.28. The normalized spacial score (nSPS) is 10.4. The summed E-state index contributed by atoms with van der Waals surface area (Å²) in [5.41, 5.74) is 0.546. The van der Waals surface area contributed by atoms with Gasteiger partial charge in [0.2, 0.25) is 0 Å². The van der Waals surface area contributed by atoms with Gasteiger partial charge in [-0.1, -0.05) is 11.6 Å². The third kappa shape index (κ3) is 1.01. The van der Waals surface area contributed by atoms with Crippen LogP contribution in [0.25, 0.3) is 10.9 Å². The Morgan fingerprint density at radius 2 is 2.08 bits per heavy atom. The topological polar surface area (TPSA) is 33.1 Å². The van der Waals surface area contributed by atoms with E-state index in [9.17, 15) is 5.11 Å². The third-order valence-electron chi connectivity index (χ3n) is 1.70. The molecule has 0 aliphatic heterocycles. The number of rotatable bonds is 0. The summed E-state index contributed by atoms with van der Waals surface area (Å²) >= 11 is 5.88. The van der Waals surface area contributed by atoms with Crippen molar-refractivity contribution in [2.45, 2.75) is 0 Å². The van der Waals surface area contributed by atoms with Crippen LogP contribution < -0.4 is 0 Å². The van der Waals surface area contributed by atoms with E-state index in [2.05, 4.69) is 4.98 Å². The largest absolute Gasteiger partial charge is 0.506 e. The minimum absolute atomic E-state index is 0.162. The Balaban J connectivity index is 2.95. The molecule has 1 heterocycles.